The number of halogens is 5. The molecule has 1 aliphatic rings. The normalized spacial score (nSPS) is 14.9. The fraction of sp³-hybridized carbons (Fsp3) is 0.235. The summed E-state index contributed by atoms with van der Waals surface area (Å²) in [7, 11) is 0. The first-order valence-electron chi connectivity index (χ1n) is 7.76. The predicted octanol–water partition coefficient (Wildman–Crippen LogP) is 3.28. The Morgan fingerprint density at radius 2 is 1.81 bits per heavy atom. The minimum atomic E-state index is -5.08. The molecule has 0 bridgehead atoms. The van der Waals surface area contributed by atoms with Crippen LogP contribution >= 0.6 is 0 Å². The van der Waals surface area contributed by atoms with Crippen molar-refractivity contribution in [1.82, 2.24) is 10.3 Å². The summed E-state index contributed by atoms with van der Waals surface area (Å²) in [5.74, 6) is -5.06. The van der Waals surface area contributed by atoms with E-state index in [0.717, 1.165) is 6.07 Å². The number of amides is 2. The maximum Gasteiger partial charge on any atom is 0.412 e. The molecule has 1 aliphatic heterocycles. The predicted molar refractivity (Wildman–Crippen MR) is 83.8 cm³/mol. The largest absolute Gasteiger partial charge is 0.412 e. The van der Waals surface area contributed by atoms with Crippen molar-refractivity contribution in [2.45, 2.75) is 25.1 Å². The molecule has 1 atom stereocenters. The molecule has 0 spiro atoms. The van der Waals surface area contributed by atoms with Crippen LogP contribution in [0.15, 0.2) is 30.6 Å². The van der Waals surface area contributed by atoms with E-state index in [9.17, 15) is 31.5 Å². The summed E-state index contributed by atoms with van der Waals surface area (Å²) >= 11 is 0. The number of aromatic nitrogens is 1. The van der Waals surface area contributed by atoms with Crippen LogP contribution in [0.3, 0.4) is 0 Å². The summed E-state index contributed by atoms with van der Waals surface area (Å²) in [5, 5.41) is 3.80. The third-order valence-electron chi connectivity index (χ3n) is 4.06. The van der Waals surface area contributed by atoms with Gasteiger partial charge in [-0.05, 0) is 30.2 Å². The van der Waals surface area contributed by atoms with Crippen LogP contribution < -0.4 is 10.6 Å². The molecule has 0 fully saturated rings. The van der Waals surface area contributed by atoms with E-state index in [0.29, 0.717) is 0 Å². The van der Waals surface area contributed by atoms with E-state index < -0.39 is 46.9 Å². The SMILES string of the molecule is O=C1CCc2cc(C(NC(=O)c3ccncc3)C(F)(F)F)c(F)c(F)c2N1. The van der Waals surface area contributed by atoms with Gasteiger partial charge in [-0.1, -0.05) is 0 Å². The van der Waals surface area contributed by atoms with Crippen molar-refractivity contribution < 1.29 is 31.5 Å². The van der Waals surface area contributed by atoms with Crippen LogP contribution in [0.25, 0.3) is 0 Å². The van der Waals surface area contributed by atoms with Gasteiger partial charge in [0.15, 0.2) is 17.7 Å². The van der Waals surface area contributed by atoms with Gasteiger partial charge in [0, 0.05) is 29.9 Å². The lowest BCUT2D eigenvalue weighted by atomic mass is 9.95. The number of nitrogens with zero attached hydrogens (tertiary/aromatic N) is 1. The maximum absolute atomic E-state index is 14.4. The molecule has 5 nitrogen and oxygen atoms in total. The fourth-order valence-corrected chi connectivity index (χ4v) is 2.75. The van der Waals surface area contributed by atoms with Gasteiger partial charge >= 0.3 is 6.18 Å². The molecule has 3 rings (SSSR count). The lowest BCUT2D eigenvalue weighted by Gasteiger charge is -2.25. The van der Waals surface area contributed by atoms with Crippen LogP contribution in [-0.2, 0) is 11.2 Å². The molecular weight excluding hydrogens is 373 g/mol. The second kappa shape index (κ2) is 6.93. The Hall–Kier alpha value is -3.04. The number of hydrogen-bond acceptors (Lipinski definition) is 3. The number of carbonyl (C=O) groups is 2. The Balaban J connectivity index is 2.03. The third-order valence-corrected chi connectivity index (χ3v) is 4.06. The molecule has 1 unspecified atom stereocenters. The minimum absolute atomic E-state index is 0.0240. The van der Waals surface area contributed by atoms with E-state index in [1.807, 2.05) is 0 Å². The van der Waals surface area contributed by atoms with E-state index in [-0.39, 0.29) is 24.0 Å². The van der Waals surface area contributed by atoms with Crippen molar-refractivity contribution in [3.8, 4) is 0 Å². The molecule has 2 heterocycles. The van der Waals surface area contributed by atoms with Crippen molar-refractivity contribution in [1.29, 1.82) is 0 Å². The minimum Gasteiger partial charge on any atom is -0.337 e. The zero-order valence-corrected chi connectivity index (χ0v) is 13.5. The fourth-order valence-electron chi connectivity index (χ4n) is 2.75. The number of benzene rings is 1. The number of aryl methyl sites for hydroxylation is 1. The number of hydrogen-bond donors (Lipinski definition) is 2. The summed E-state index contributed by atoms with van der Waals surface area (Å²) in [6.45, 7) is 0. The molecule has 0 aliphatic carbocycles. The van der Waals surface area contributed by atoms with E-state index in [1.54, 1.807) is 5.32 Å². The van der Waals surface area contributed by atoms with E-state index in [1.165, 1.54) is 24.5 Å². The summed E-state index contributed by atoms with van der Waals surface area (Å²) in [4.78, 5) is 27.1. The monoisotopic (exact) mass is 385 g/mol. The maximum atomic E-state index is 14.4. The van der Waals surface area contributed by atoms with Crippen LogP contribution in [0.5, 0.6) is 0 Å². The summed E-state index contributed by atoms with van der Waals surface area (Å²) in [6, 6.07) is 0.415. The van der Waals surface area contributed by atoms with Crippen LogP contribution in [0.1, 0.15) is 33.9 Å². The van der Waals surface area contributed by atoms with E-state index in [4.69, 9.17) is 0 Å². The Morgan fingerprint density at radius 3 is 2.44 bits per heavy atom. The Kier molecular flexibility index (Phi) is 4.81. The number of anilines is 1. The molecule has 2 amide bonds. The van der Waals surface area contributed by atoms with Gasteiger partial charge in [-0.25, -0.2) is 8.78 Å². The van der Waals surface area contributed by atoms with E-state index >= 15 is 0 Å². The molecular formula is C17H12F5N3O2. The Labute approximate surface area is 149 Å². The molecule has 0 radical (unpaired) electrons. The van der Waals surface area contributed by atoms with Gasteiger partial charge in [0.05, 0.1) is 5.69 Å². The van der Waals surface area contributed by atoms with Gasteiger partial charge < -0.3 is 10.6 Å². The van der Waals surface area contributed by atoms with Crippen molar-refractivity contribution in [3.63, 3.8) is 0 Å². The highest BCUT2D eigenvalue weighted by atomic mass is 19.4. The highest BCUT2D eigenvalue weighted by molar-refractivity contribution is 5.95. The van der Waals surface area contributed by atoms with Gasteiger partial charge in [0.25, 0.3) is 5.91 Å². The quantitative estimate of drug-likeness (QED) is 0.797. The highest BCUT2D eigenvalue weighted by Gasteiger charge is 2.44. The smallest absolute Gasteiger partial charge is 0.337 e. The molecule has 2 aromatic rings. The van der Waals surface area contributed by atoms with Crippen LogP contribution in [0.4, 0.5) is 27.6 Å². The van der Waals surface area contributed by atoms with Crippen LogP contribution in [0.2, 0.25) is 0 Å². The Bertz CT molecular complexity index is 900. The second-order valence-corrected chi connectivity index (χ2v) is 5.86. The zero-order valence-electron chi connectivity index (χ0n) is 13.5. The standard InChI is InChI=1S/C17H12F5N3O2/c18-12-10(7-9-1-2-11(26)24-14(9)13(12)19)15(17(20,21)22)25-16(27)8-3-5-23-6-4-8/h3-7,15H,1-2H2,(H,24,26)(H,25,27). The van der Waals surface area contributed by atoms with Crippen LogP contribution in [-0.4, -0.2) is 23.0 Å². The molecule has 1 aromatic carbocycles. The first kappa shape index (κ1) is 18.7. The van der Waals surface area contributed by atoms with Crippen molar-refractivity contribution in [3.05, 3.63) is 58.9 Å². The molecule has 27 heavy (non-hydrogen) atoms. The van der Waals surface area contributed by atoms with Gasteiger partial charge in [0.1, 0.15) is 0 Å². The number of fused-ring (bicyclic) bond motifs is 1. The topological polar surface area (TPSA) is 71.1 Å². The summed E-state index contributed by atoms with van der Waals surface area (Å²) in [6.07, 6.45) is -2.79. The van der Waals surface area contributed by atoms with Crippen molar-refractivity contribution >= 4 is 17.5 Å². The lowest BCUT2D eigenvalue weighted by molar-refractivity contribution is -0.156. The average molecular weight is 385 g/mol. The number of alkyl halides is 3. The second-order valence-electron chi connectivity index (χ2n) is 5.86. The highest BCUT2D eigenvalue weighted by Crippen LogP contribution is 2.38. The number of rotatable bonds is 3. The molecule has 2 N–H and O–H groups in total. The third kappa shape index (κ3) is 3.74. The van der Waals surface area contributed by atoms with Gasteiger partial charge in [-0.3, -0.25) is 14.6 Å². The van der Waals surface area contributed by atoms with Gasteiger partial charge in [0.2, 0.25) is 5.91 Å². The van der Waals surface area contributed by atoms with Gasteiger partial charge in [-0.15, -0.1) is 0 Å². The average Bonchev–Trinajstić information content (AvgIpc) is 2.63. The Morgan fingerprint density at radius 1 is 1.15 bits per heavy atom. The van der Waals surface area contributed by atoms with Crippen molar-refractivity contribution in [2.24, 2.45) is 0 Å². The number of pyridine rings is 1. The molecule has 0 saturated heterocycles. The molecule has 0 saturated carbocycles. The van der Waals surface area contributed by atoms with Crippen molar-refractivity contribution in [2.75, 3.05) is 5.32 Å². The molecule has 1 aromatic heterocycles. The number of carbonyl (C=O) groups excluding carboxylic acids is 2. The first-order chi connectivity index (χ1) is 12.7. The van der Waals surface area contributed by atoms with Crippen LogP contribution in [0, 0.1) is 11.6 Å². The number of nitrogens with one attached hydrogen (secondary N) is 2. The first-order valence-corrected chi connectivity index (χ1v) is 7.76. The molecule has 10 heteroatoms. The van der Waals surface area contributed by atoms with Gasteiger partial charge in [-0.2, -0.15) is 13.2 Å². The zero-order chi connectivity index (χ0) is 19.8. The lowest BCUT2D eigenvalue weighted by Crippen LogP contribution is -2.39. The van der Waals surface area contributed by atoms with E-state index in [2.05, 4.69) is 10.3 Å². The summed E-state index contributed by atoms with van der Waals surface area (Å²) < 4.78 is 69.1. The molecule has 142 valence electrons. The summed E-state index contributed by atoms with van der Waals surface area (Å²) in [5.41, 5.74) is -1.63.